The molecule has 0 aliphatic heterocycles. The monoisotopic (exact) mass is 499 g/mol. The van der Waals surface area contributed by atoms with Crippen molar-refractivity contribution in [2.45, 2.75) is 128 Å². The van der Waals surface area contributed by atoms with Crippen LogP contribution >= 0.6 is 0 Å². The van der Waals surface area contributed by atoms with Crippen LogP contribution in [-0.4, -0.2) is 59.3 Å². The Hall–Kier alpha value is 0.140. The summed E-state index contributed by atoms with van der Waals surface area (Å²) in [6.07, 6.45) is 17.8. The summed E-state index contributed by atoms with van der Waals surface area (Å²) in [5, 5.41) is 20.2. The lowest BCUT2D eigenvalue weighted by atomic mass is 10.0. The van der Waals surface area contributed by atoms with Gasteiger partial charge < -0.3 is 10.2 Å². The Labute approximate surface area is 201 Å². The van der Waals surface area contributed by atoms with E-state index in [1.165, 1.54) is 83.5 Å². The lowest BCUT2D eigenvalue weighted by molar-refractivity contribution is 0.134. The third-order valence-electron chi connectivity index (χ3n) is 5.94. The van der Waals surface area contributed by atoms with Crippen LogP contribution in [0.3, 0.4) is 0 Å². The van der Waals surface area contributed by atoms with E-state index in [-0.39, 0.29) is 30.5 Å². The molecular formula is C24H51O6S2+. The minimum atomic E-state index is -4.45. The highest BCUT2D eigenvalue weighted by Crippen LogP contribution is 2.23. The van der Waals surface area contributed by atoms with E-state index in [9.17, 15) is 18.6 Å². The third-order valence-corrected chi connectivity index (χ3v) is 9.39. The molecule has 3 unspecified atom stereocenters. The summed E-state index contributed by atoms with van der Waals surface area (Å²) in [5.41, 5.74) is 0. The molecule has 0 amide bonds. The Morgan fingerprint density at radius 3 is 1.88 bits per heavy atom. The zero-order valence-corrected chi connectivity index (χ0v) is 22.3. The first kappa shape index (κ1) is 32.1. The first-order valence-electron chi connectivity index (χ1n) is 12.9. The van der Waals surface area contributed by atoms with E-state index in [4.69, 9.17) is 4.55 Å². The van der Waals surface area contributed by atoms with Crippen LogP contribution in [0.1, 0.15) is 117 Å². The Morgan fingerprint density at radius 2 is 1.31 bits per heavy atom. The maximum Gasteiger partial charge on any atom is 0.397 e. The topological polar surface area (TPSA) is 104 Å². The molecule has 0 aliphatic carbocycles. The molecule has 0 bridgehead atoms. The molecule has 0 heterocycles. The second-order valence-corrected chi connectivity index (χ2v) is 12.5. The molecule has 0 aromatic carbocycles. The van der Waals surface area contributed by atoms with E-state index < -0.39 is 16.5 Å². The largest absolute Gasteiger partial charge is 0.397 e. The maximum absolute atomic E-state index is 10.6. The summed E-state index contributed by atoms with van der Waals surface area (Å²) in [6.45, 7) is 4.47. The van der Waals surface area contributed by atoms with Crippen LogP contribution in [0.5, 0.6) is 0 Å². The standard InChI is InChI=1S/C24H50O6S2/c1-3-5-7-8-9-10-11-12-13-16-24(15-6-4-2)31(21-14-19-25)22-18-23(26)17-20-30-32(27,28)29/h23-26H,3-22H2,1-2H3/p+1. The van der Waals surface area contributed by atoms with Crippen molar-refractivity contribution >= 4 is 21.3 Å². The predicted molar refractivity (Wildman–Crippen MR) is 137 cm³/mol. The highest BCUT2D eigenvalue weighted by atomic mass is 32.3. The van der Waals surface area contributed by atoms with Gasteiger partial charge in [0.05, 0.1) is 12.7 Å². The van der Waals surface area contributed by atoms with Gasteiger partial charge in [-0.25, -0.2) is 4.18 Å². The Kier molecular flexibility index (Phi) is 21.8. The molecule has 3 N–H and O–H groups in total. The summed E-state index contributed by atoms with van der Waals surface area (Å²) in [5.74, 6) is 1.90. The smallest absolute Gasteiger partial charge is 0.396 e. The van der Waals surface area contributed by atoms with Gasteiger partial charge >= 0.3 is 10.4 Å². The minimum Gasteiger partial charge on any atom is -0.396 e. The highest BCUT2D eigenvalue weighted by Gasteiger charge is 2.29. The van der Waals surface area contributed by atoms with Crippen LogP contribution in [0.2, 0.25) is 0 Å². The first-order chi connectivity index (χ1) is 15.3. The van der Waals surface area contributed by atoms with Crippen molar-refractivity contribution < 1.29 is 27.4 Å². The molecule has 194 valence electrons. The maximum atomic E-state index is 10.6. The van der Waals surface area contributed by atoms with Crippen LogP contribution in [0.25, 0.3) is 0 Å². The zero-order chi connectivity index (χ0) is 24.1. The SMILES string of the molecule is CCCCCCCCCCCC(CCCC)[S+](CCCO)CCC(O)CCOS(=O)(=O)O. The van der Waals surface area contributed by atoms with Crippen molar-refractivity contribution in [3.05, 3.63) is 0 Å². The Balaban J connectivity index is 4.44. The lowest BCUT2D eigenvalue weighted by Gasteiger charge is -2.21. The quantitative estimate of drug-likeness (QED) is 0.0929. The van der Waals surface area contributed by atoms with E-state index in [2.05, 4.69) is 18.0 Å². The van der Waals surface area contributed by atoms with Crippen molar-refractivity contribution in [3.8, 4) is 0 Å². The fraction of sp³-hybridized carbons (Fsp3) is 1.00. The van der Waals surface area contributed by atoms with Gasteiger partial charge in [-0.05, 0) is 43.0 Å². The third kappa shape index (κ3) is 20.7. The number of hydrogen-bond acceptors (Lipinski definition) is 5. The highest BCUT2D eigenvalue weighted by molar-refractivity contribution is 7.97. The van der Waals surface area contributed by atoms with Crippen LogP contribution in [0, 0.1) is 0 Å². The molecule has 0 aliphatic rings. The number of hydrogen-bond donors (Lipinski definition) is 3. The summed E-state index contributed by atoms with van der Waals surface area (Å²) in [7, 11) is -4.30. The molecule has 0 fully saturated rings. The van der Waals surface area contributed by atoms with Crippen molar-refractivity contribution in [2.24, 2.45) is 0 Å². The van der Waals surface area contributed by atoms with Crippen molar-refractivity contribution in [1.29, 1.82) is 0 Å². The molecule has 32 heavy (non-hydrogen) atoms. The predicted octanol–water partition coefficient (Wildman–Crippen LogP) is 5.43. The minimum absolute atomic E-state index is 0.152. The van der Waals surface area contributed by atoms with Gasteiger partial charge in [0.1, 0.15) is 16.8 Å². The molecule has 0 rings (SSSR count). The molecule has 8 heteroatoms. The van der Waals surface area contributed by atoms with E-state index in [0.717, 1.165) is 17.9 Å². The number of aliphatic hydroxyl groups excluding tert-OH is 2. The average molecular weight is 500 g/mol. The van der Waals surface area contributed by atoms with Crippen molar-refractivity contribution in [3.63, 3.8) is 0 Å². The van der Waals surface area contributed by atoms with E-state index >= 15 is 0 Å². The van der Waals surface area contributed by atoms with Crippen LogP contribution in [0.15, 0.2) is 0 Å². The van der Waals surface area contributed by atoms with Gasteiger partial charge in [-0.1, -0.05) is 71.6 Å². The molecule has 3 atom stereocenters. The number of aliphatic hydroxyl groups is 2. The van der Waals surface area contributed by atoms with Gasteiger partial charge in [-0.15, -0.1) is 0 Å². The molecule has 0 spiro atoms. The molecule has 0 saturated heterocycles. The van der Waals surface area contributed by atoms with E-state index in [1.54, 1.807) is 0 Å². The second-order valence-electron chi connectivity index (χ2n) is 8.89. The fourth-order valence-corrected chi connectivity index (χ4v) is 7.25. The second kappa shape index (κ2) is 21.7. The number of rotatable bonds is 24. The summed E-state index contributed by atoms with van der Waals surface area (Å²) in [4.78, 5) is 0. The van der Waals surface area contributed by atoms with Crippen molar-refractivity contribution in [2.75, 3.05) is 24.7 Å². The molecule has 6 nitrogen and oxygen atoms in total. The fourth-order valence-electron chi connectivity index (χ4n) is 4.00. The average Bonchev–Trinajstić information content (AvgIpc) is 2.74. The summed E-state index contributed by atoms with van der Waals surface area (Å²) in [6, 6.07) is 0. The molecule has 0 radical (unpaired) electrons. The molecule has 0 saturated carbocycles. The van der Waals surface area contributed by atoms with Crippen LogP contribution in [-0.2, 0) is 25.5 Å². The van der Waals surface area contributed by atoms with E-state index in [0.29, 0.717) is 11.7 Å². The molecule has 0 aromatic rings. The van der Waals surface area contributed by atoms with Gasteiger partial charge in [0, 0.05) is 19.4 Å². The van der Waals surface area contributed by atoms with Gasteiger partial charge in [0.25, 0.3) is 0 Å². The van der Waals surface area contributed by atoms with Gasteiger partial charge in [-0.3, -0.25) is 4.55 Å². The molecule has 0 aromatic heterocycles. The molecular weight excluding hydrogens is 448 g/mol. The lowest BCUT2D eigenvalue weighted by Crippen LogP contribution is -2.30. The Bertz CT molecular complexity index is 501. The summed E-state index contributed by atoms with van der Waals surface area (Å²) < 4.78 is 34.2. The summed E-state index contributed by atoms with van der Waals surface area (Å²) >= 11 is 0. The first-order valence-corrected chi connectivity index (χ1v) is 15.9. The normalized spacial score (nSPS) is 15.0. The van der Waals surface area contributed by atoms with Crippen molar-refractivity contribution in [1.82, 2.24) is 0 Å². The van der Waals surface area contributed by atoms with Gasteiger partial charge in [-0.2, -0.15) is 8.42 Å². The van der Waals surface area contributed by atoms with Crippen LogP contribution < -0.4 is 0 Å². The van der Waals surface area contributed by atoms with Gasteiger partial charge in [0.2, 0.25) is 0 Å². The van der Waals surface area contributed by atoms with E-state index in [1.807, 2.05) is 0 Å². The van der Waals surface area contributed by atoms with Gasteiger partial charge in [0.15, 0.2) is 0 Å². The zero-order valence-electron chi connectivity index (χ0n) is 20.7. The number of unbranched alkanes of at least 4 members (excludes halogenated alkanes) is 9. The van der Waals surface area contributed by atoms with Crippen LogP contribution in [0.4, 0.5) is 0 Å². The Morgan fingerprint density at radius 1 is 0.750 bits per heavy atom.